The summed E-state index contributed by atoms with van der Waals surface area (Å²) in [6.07, 6.45) is 0. The van der Waals surface area contributed by atoms with E-state index in [0.29, 0.717) is 23.3 Å². The average Bonchev–Trinajstić information content (AvgIpc) is 3.08. The Morgan fingerprint density at radius 2 is 1.81 bits per heavy atom. The highest BCUT2D eigenvalue weighted by Crippen LogP contribution is 2.23. The standard InChI is InChI=1S/C17H24N4O2S2.HI/c1-4-18-17(19-12-14-8-6-5-7-9-14)20-13-15-10-11-16(24-15)25(22,23)21(2)3;/h5-11H,4,12-13H2,1-3H3,(H2,18,19,20);1H. The van der Waals surface area contributed by atoms with Gasteiger partial charge in [0.2, 0.25) is 0 Å². The van der Waals surface area contributed by atoms with Gasteiger partial charge in [-0.25, -0.2) is 17.7 Å². The number of hydrogen-bond acceptors (Lipinski definition) is 4. The van der Waals surface area contributed by atoms with E-state index in [-0.39, 0.29) is 24.0 Å². The Kier molecular flexibility index (Phi) is 9.55. The summed E-state index contributed by atoms with van der Waals surface area (Å²) < 4.78 is 25.8. The zero-order valence-electron chi connectivity index (χ0n) is 15.1. The van der Waals surface area contributed by atoms with E-state index in [1.165, 1.54) is 29.7 Å². The summed E-state index contributed by atoms with van der Waals surface area (Å²) in [6, 6.07) is 13.5. The molecule has 1 heterocycles. The van der Waals surface area contributed by atoms with E-state index in [1.807, 2.05) is 43.3 Å². The van der Waals surface area contributed by atoms with Crippen molar-refractivity contribution in [2.75, 3.05) is 20.6 Å². The van der Waals surface area contributed by atoms with Crippen molar-refractivity contribution in [2.45, 2.75) is 24.2 Å². The fourth-order valence-corrected chi connectivity index (χ4v) is 4.50. The molecular weight excluding hydrogens is 483 g/mol. The van der Waals surface area contributed by atoms with Gasteiger partial charge in [0, 0.05) is 25.5 Å². The Bertz CT molecular complexity index is 805. The zero-order chi connectivity index (χ0) is 18.3. The van der Waals surface area contributed by atoms with Gasteiger partial charge in [-0.15, -0.1) is 35.3 Å². The third kappa shape index (κ3) is 6.53. The van der Waals surface area contributed by atoms with Crippen LogP contribution in [0.25, 0.3) is 0 Å². The van der Waals surface area contributed by atoms with E-state index in [9.17, 15) is 8.42 Å². The third-order valence-electron chi connectivity index (χ3n) is 3.41. The molecule has 6 nitrogen and oxygen atoms in total. The Balaban J connectivity index is 0.00000338. The molecular formula is C17H25IN4O2S2. The molecule has 2 aromatic rings. The molecule has 0 aliphatic heterocycles. The van der Waals surface area contributed by atoms with Crippen LogP contribution < -0.4 is 10.6 Å². The third-order valence-corrected chi connectivity index (χ3v) is 6.78. The molecule has 0 radical (unpaired) electrons. The van der Waals surface area contributed by atoms with Crippen molar-refractivity contribution in [1.29, 1.82) is 0 Å². The molecule has 0 aliphatic carbocycles. The molecule has 1 aromatic heterocycles. The second kappa shape index (κ2) is 10.9. The van der Waals surface area contributed by atoms with Gasteiger partial charge in [-0.2, -0.15) is 0 Å². The minimum atomic E-state index is -3.37. The average molecular weight is 508 g/mol. The van der Waals surface area contributed by atoms with E-state index in [2.05, 4.69) is 15.6 Å². The lowest BCUT2D eigenvalue weighted by Crippen LogP contribution is -2.36. The van der Waals surface area contributed by atoms with Gasteiger partial charge in [0.05, 0.1) is 13.1 Å². The van der Waals surface area contributed by atoms with Gasteiger partial charge in [0.15, 0.2) is 5.96 Å². The van der Waals surface area contributed by atoms with E-state index in [0.717, 1.165) is 17.0 Å². The highest BCUT2D eigenvalue weighted by atomic mass is 127. The van der Waals surface area contributed by atoms with Crippen molar-refractivity contribution in [2.24, 2.45) is 4.99 Å². The summed E-state index contributed by atoms with van der Waals surface area (Å²) in [5, 5.41) is 6.44. The number of nitrogens with one attached hydrogen (secondary N) is 2. The first-order valence-corrected chi connectivity index (χ1v) is 10.3. The van der Waals surface area contributed by atoms with Crippen molar-refractivity contribution in [3.63, 3.8) is 0 Å². The summed E-state index contributed by atoms with van der Waals surface area (Å²) in [7, 11) is -0.304. The van der Waals surface area contributed by atoms with Crippen LogP contribution in [-0.4, -0.2) is 39.3 Å². The molecule has 0 atom stereocenters. The molecule has 0 fully saturated rings. The lowest BCUT2D eigenvalue weighted by molar-refractivity contribution is 0.523. The minimum absolute atomic E-state index is 0. The Hall–Kier alpha value is -1.17. The lowest BCUT2D eigenvalue weighted by atomic mass is 10.2. The smallest absolute Gasteiger partial charge is 0.252 e. The monoisotopic (exact) mass is 508 g/mol. The Morgan fingerprint density at radius 3 is 2.42 bits per heavy atom. The maximum Gasteiger partial charge on any atom is 0.252 e. The minimum Gasteiger partial charge on any atom is -0.357 e. The van der Waals surface area contributed by atoms with Crippen LogP contribution in [0.1, 0.15) is 17.4 Å². The molecule has 0 spiro atoms. The second-order valence-corrected chi connectivity index (χ2v) is 9.09. The molecule has 0 amide bonds. The van der Waals surface area contributed by atoms with Crippen molar-refractivity contribution in [3.8, 4) is 0 Å². The quantitative estimate of drug-likeness (QED) is 0.343. The van der Waals surface area contributed by atoms with E-state index in [1.54, 1.807) is 6.07 Å². The van der Waals surface area contributed by atoms with Crippen LogP contribution in [0.3, 0.4) is 0 Å². The van der Waals surface area contributed by atoms with Gasteiger partial charge in [-0.3, -0.25) is 0 Å². The van der Waals surface area contributed by atoms with Crippen molar-refractivity contribution >= 4 is 51.3 Å². The van der Waals surface area contributed by atoms with Gasteiger partial charge in [0.25, 0.3) is 10.0 Å². The van der Waals surface area contributed by atoms with Crippen LogP contribution in [0.4, 0.5) is 0 Å². The first-order valence-electron chi connectivity index (χ1n) is 8.01. The number of guanidine groups is 1. The number of benzene rings is 1. The van der Waals surface area contributed by atoms with Gasteiger partial charge in [0.1, 0.15) is 4.21 Å². The number of thiophene rings is 1. The van der Waals surface area contributed by atoms with Crippen molar-refractivity contribution < 1.29 is 8.42 Å². The molecule has 2 rings (SSSR count). The van der Waals surface area contributed by atoms with Crippen LogP contribution in [0.15, 0.2) is 51.7 Å². The summed E-state index contributed by atoms with van der Waals surface area (Å²) in [4.78, 5) is 5.49. The molecule has 0 saturated carbocycles. The molecule has 0 bridgehead atoms. The number of nitrogens with zero attached hydrogens (tertiary/aromatic N) is 2. The highest BCUT2D eigenvalue weighted by molar-refractivity contribution is 14.0. The molecule has 1 aromatic carbocycles. The maximum atomic E-state index is 12.1. The highest BCUT2D eigenvalue weighted by Gasteiger charge is 2.19. The molecule has 2 N–H and O–H groups in total. The first kappa shape index (κ1) is 22.9. The second-order valence-electron chi connectivity index (χ2n) is 5.54. The summed E-state index contributed by atoms with van der Waals surface area (Å²) in [5.74, 6) is 0.705. The SMILES string of the molecule is CCNC(=NCc1ccccc1)NCc1ccc(S(=O)(=O)N(C)C)s1.I. The number of hydrogen-bond donors (Lipinski definition) is 2. The van der Waals surface area contributed by atoms with Crippen molar-refractivity contribution in [1.82, 2.24) is 14.9 Å². The summed E-state index contributed by atoms with van der Waals surface area (Å²) >= 11 is 1.27. The van der Waals surface area contributed by atoms with Crippen LogP contribution in [-0.2, 0) is 23.1 Å². The molecule has 9 heteroatoms. The van der Waals surface area contributed by atoms with Crippen LogP contribution in [0, 0.1) is 0 Å². The van der Waals surface area contributed by atoms with Crippen LogP contribution >= 0.6 is 35.3 Å². The van der Waals surface area contributed by atoms with E-state index >= 15 is 0 Å². The molecule has 0 aliphatic rings. The molecule has 144 valence electrons. The normalized spacial score (nSPS) is 11.9. The number of sulfonamides is 1. The predicted octanol–water partition coefficient (Wildman–Crippen LogP) is 2.87. The van der Waals surface area contributed by atoms with Gasteiger partial charge >= 0.3 is 0 Å². The lowest BCUT2D eigenvalue weighted by Gasteiger charge is -2.11. The number of halogens is 1. The van der Waals surface area contributed by atoms with E-state index < -0.39 is 10.0 Å². The zero-order valence-corrected chi connectivity index (χ0v) is 19.1. The van der Waals surface area contributed by atoms with Crippen LogP contribution in [0.5, 0.6) is 0 Å². The van der Waals surface area contributed by atoms with Gasteiger partial charge in [-0.1, -0.05) is 30.3 Å². The first-order chi connectivity index (χ1) is 11.9. The molecule has 0 unspecified atom stereocenters. The summed E-state index contributed by atoms with van der Waals surface area (Å²) in [5.41, 5.74) is 1.13. The maximum absolute atomic E-state index is 12.1. The predicted molar refractivity (Wildman–Crippen MR) is 119 cm³/mol. The van der Waals surface area contributed by atoms with Crippen LogP contribution in [0.2, 0.25) is 0 Å². The topological polar surface area (TPSA) is 73.8 Å². The van der Waals surface area contributed by atoms with Gasteiger partial charge < -0.3 is 10.6 Å². The number of aliphatic imine (C=N–C) groups is 1. The largest absolute Gasteiger partial charge is 0.357 e. The fourth-order valence-electron chi connectivity index (χ4n) is 2.04. The fraction of sp³-hybridized carbons (Fsp3) is 0.353. The molecule has 26 heavy (non-hydrogen) atoms. The number of rotatable bonds is 7. The molecule has 0 saturated heterocycles. The summed E-state index contributed by atoms with van der Waals surface area (Å²) in [6.45, 7) is 3.87. The van der Waals surface area contributed by atoms with Crippen molar-refractivity contribution in [3.05, 3.63) is 52.9 Å². The Labute approximate surface area is 176 Å². The van der Waals surface area contributed by atoms with Gasteiger partial charge in [-0.05, 0) is 24.6 Å². The van der Waals surface area contributed by atoms with E-state index in [4.69, 9.17) is 0 Å². The Morgan fingerprint density at radius 1 is 1.12 bits per heavy atom.